The summed E-state index contributed by atoms with van der Waals surface area (Å²) in [5, 5.41) is 51.9. The normalized spacial score (nSPS) is 12.9. The molecule has 10 heteroatoms. The molecule has 9 nitrogen and oxygen atoms in total. The summed E-state index contributed by atoms with van der Waals surface area (Å²) in [6, 6.07) is 0. The van der Waals surface area contributed by atoms with Gasteiger partial charge in [0.15, 0.2) is 0 Å². The summed E-state index contributed by atoms with van der Waals surface area (Å²) in [5.74, 6) is -4.31. The molecule has 0 aliphatic heterocycles. The van der Waals surface area contributed by atoms with E-state index in [1.54, 1.807) is 0 Å². The molecule has 3 unspecified atom stereocenters. The van der Waals surface area contributed by atoms with Crippen LogP contribution in [-0.4, -0.2) is 51.5 Å². The fourth-order valence-electron chi connectivity index (χ4n) is 0. The molecule has 0 aliphatic rings. The molecular formula is C9H15O9Yb. The molecule has 0 bridgehead atoms. The van der Waals surface area contributed by atoms with E-state index < -0.39 is 36.2 Å². The van der Waals surface area contributed by atoms with E-state index in [2.05, 4.69) is 0 Å². The van der Waals surface area contributed by atoms with Gasteiger partial charge in [-0.05, 0) is 20.8 Å². The standard InChI is InChI=1S/3C3H6O3.Yb/c3*1-2(4)3(5)6;/h3*2,4H,1H3,(H,5,6);/q;;;+3/p-3. The molecule has 1 radical (unpaired) electrons. The van der Waals surface area contributed by atoms with Crippen LogP contribution in [0.25, 0.3) is 0 Å². The van der Waals surface area contributed by atoms with E-state index in [0.29, 0.717) is 0 Å². The van der Waals surface area contributed by atoms with Gasteiger partial charge in [0.2, 0.25) is 0 Å². The zero-order valence-corrected chi connectivity index (χ0v) is 12.0. The number of hydrogen-bond donors (Lipinski definition) is 3. The molecule has 0 spiro atoms. The Morgan fingerprint density at radius 3 is 0.737 bits per heavy atom. The van der Waals surface area contributed by atoms with Crippen LogP contribution in [-0.2, 0) is 14.4 Å². The average molecular weight is 440 g/mol. The first-order chi connectivity index (χ1) is 7.93. The predicted molar refractivity (Wildman–Crippen MR) is 50.1 cm³/mol. The van der Waals surface area contributed by atoms with Gasteiger partial charge in [0.05, 0.1) is 36.2 Å². The van der Waals surface area contributed by atoms with Gasteiger partial charge in [-0.15, -0.1) is 0 Å². The summed E-state index contributed by atoms with van der Waals surface area (Å²) in [4.78, 5) is 28.0. The van der Waals surface area contributed by atoms with Gasteiger partial charge >= 0.3 is 46.9 Å². The van der Waals surface area contributed by atoms with Crippen molar-refractivity contribution in [3.63, 3.8) is 0 Å². The Hall–Kier alpha value is -0.191. The maximum absolute atomic E-state index is 9.34. The zero-order valence-electron chi connectivity index (χ0n) is 10.3. The molecule has 0 heterocycles. The maximum Gasteiger partial charge on any atom is 3.00 e. The molecule has 0 aromatic rings. The molecule has 0 fully saturated rings. The third-order valence-electron chi connectivity index (χ3n) is 1.02. The summed E-state index contributed by atoms with van der Waals surface area (Å²) in [7, 11) is 0. The van der Waals surface area contributed by atoms with Gasteiger partial charge in [-0.1, -0.05) is 0 Å². The molecule has 0 aromatic heterocycles. The van der Waals surface area contributed by atoms with Crippen LogP contribution in [0.3, 0.4) is 0 Å². The number of carboxylic acid groups (broad SMARTS) is 3. The summed E-state index contributed by atoms with van der Waals surface area (Å²) >= 11 is 0. The molecule has 119 valence electrons. The molecule has 19 heavy (non-hydrogen) atoms. The van der Waals surface area contributed by atoms with Crippen molar-refractivity contribution in [3.05, 3.63) is 0 Å². The van der Waals surface area contributed by atoms with E-state index in [0.717, 1.165) is 20.8 Å². The van der Waals surface area contributed by atoms with E-state index in [9.17, 15) is 29.7 Å². The van der Waals surface area contributed by atoms with Gasteiger partial charge in [0, 0.05) is 0 Å². The molecule has 0 aromatic carbocycles. The molecule has 0 amide bonds. The number of carboxylic acids is 3. The van der Waals surface area contributed by atoms with Gasteiger partial charge < -0.3 is 45.0 Å². The largest absolute Gasteiger partial charge is 3.00 e. The smallest absolute Gasteiger partial charge is 0.547 e. The summed E-state index contributed by atoms with van der Waals surface area (Å²) in [6.07, 6.45) is -4.03. The Labute approximate surface area is 148 Å². The number of aliphatic carboxylic acids is 3. The second kappa shape index (κ2) is 15.9. The molecule has 0 rings (SSSR count). The van der Waals surface area contributed by atoms with E-state index in [1.807, 2.05) is 0 Å². The SMILES string of the molecule is CC(O)C(=O)[O-].CC(O)C(=O)[O-].CC(O)C(=O)[O-].[Yb+3]. The van der Waals surface area contributed by atoms with Crippen LogP contribution in [0.2, 0.25) is 0 Å². The van der Waals surface area contributed by atoms with Gasteiger partial charge in [-0.25, -0.2) is 0 Å². The number of carbonyl (C=O) groups excluding carboxylic acids is 3. The minimum atomic E-state index is -1.44. The van der Waals surface area contributed by atoms with Gasteiger partial charge in [0.25, 0.3) is 0 Å². The van der Waals surface area contributed by atoms with Crippen LogP contribution in [0, 0.1) is 46.9 Å². The zero-order chi connectivity index (χ0) is 15.5. The summed E-state index contributed by atoms with van der Waals surface area (Å²) in [5.41, 5.74) is 0. The van der Waals surface area contributed by atoms with Crippen LogP contribution < -0.4 is 15.3 Å². The molecule has 3 atom stereocenters. The number of aliphatic hydroxyl groups excluding tert-OH is 3. The van der Waals surface area contributed by atoms with Gasteiger partial charge in [-0.3, -0.25) is 0 Å². The first-order valence-corrected chi connectivity index (χ1v) is 4.60. The topological polar surface area (TPSA) is 181 Å². The van der Waals surface area contributed by atoms with E-state index in [1.165, 1.54) is 0 Å². The van der Waals surface area contributed by atoms with Crippen molar-refractivity contribution in [2.24, 2.45) is 0 Å². The average Bonchev–Trinajstić information content (AvgIpc) is 2.18. The number of aliphatic hydroxyl groups is 3. The Kier molecular flexibility index (Phi) is 22.7. The van der Waals surface area contributed by atoms with Gasteiger partial charge in [0.1, 0.15) is 0 Å². The summed E-state index contributed by atoms with van der Waals surface area (Å²) < 4.78 is 0. The first kappa shape index (κ1) is 27.2. The quantitative estimate of drug-likeness (QED) is 0.385. The Bertz CT molecular complexity index is 220. The predicted octanol–water partition coefficient (Wildman–Crippen LogP) is -5.65. The fraction of sp³-hybridized carbons (Fsp3) is 0.667. The molecule has 3 N–H and O–H groups in total. The summed E-state index contributed by atoms with van der Waals surface area (Å²) in [6.45, 7) is 3.40. The van der Waals surface area contributed by atoms with Crippen molar-refractivity contribution in [2.75, 3.05) is 0 Å². The van der Waals surface area contributed by atoms with E-state index >= 15 is 0 Å². The minimum Gasteiger partial charge on any atom is -0.547 e. The fourth-order valence-corrected chi connectivity index (χ4v) is 0. The third kappa shape index (κ3) is 31.9. The molecular weight excluding hydrogens is 425 g/mol. The third-order valence-corrected chi connectivity index (χ3v) is 1.02. The van der Waals surface area contributed by atoms with Crippen molar-refractivity contribution in [3.8, 4) is 0 Å². The van der Waals surface area contributed by atoms with Crippen LogP contribution >= 0.6 is 0 Å². The van der Waals surface area contributed by atoms with Crippen LogP contribution in [0.1, 0.15) is 20.8 Å². The van der Waals surface area contributed by atoms with Crippen molar-refractivity contribution >= 4 is 17.9 Å². The molecule has 0 aliphatic carbocycles. The second-order valence-corrected chi connectivity index (χ2v) is 2.99. The van der Waals surface area contributed by atoms with Crippen LogP contribution in [0.4, 0.5) is 0 Å². The number of rotatable bonds is 3. The second-order valence-electron chi connectivity index (χ2n) is 2.99. The van der Waals surface area contributed by atoms with E-state index in [4.69, 9.17) is 15.3 Å². The first-order valence-electron chi connectivity index (χ1n) is 4.60. The van der Waals surface area contributed by atoms with Crippen molar-refractivity contribution in [1.29, 1.82) is 0 Å². The van der Waals surface area contributed by atoms with Crippen molar-refractivity contribution in [2.45, 2.75) is 39.1 Å². The Morgan fingerprint density at radius 2 is 0.737 bits per heavy atom. The Balaban J connectivity index is -0.0000000865. The van der Waals surface area contributed by atoms with Crippen LogP contribution in [0.5, 0.6) is 0 Å². The maximum atomic E-state index is 9.34. The van der Waals surface area contributed by atoms with Gasteiger partial charge in [-0.2, -0.15) is 0 Å². The van der Waals surface area contributed by atoms with Crippen LogP contribution in [0.15, 0.2) is 0 Å². The monoisotopic (exact) mass is 441 g/mol. The number of carbonyl (C=O) groups is 3. The molecule has 0 saturated carbocycles. The Morgan fingerprint density at radius 1 is 0.684 bits per heavy atom. The number of hydrogen-bond acceptors (Lipinski definition) is 9. The van der Waals surface area contributed by atoms with Crippen molar-refractivity contribution in [1.82, 2.24) is 0 Å². The minimum absolute atomic E-state index is 0. The van der Waals surface area contributed by atoms with E-state index in [-0.39, 0.29) is 46.9 Å². The van der Waals surface area contributed by atoms with Crippen molar-refractivity contribution < 1.29 is 91.9 Å². The molecule has 0 saturated heterocycles.